The Bertz CT molecular complexity index is 1220. The van der Waals surface area contributed by atoms with Gasteiger partial charge in [-0.05, 0) is 55.2 Å². The fraction of sp³-hybridized carbons (Fsp3) is 0.346. The molecule has 0 saturated heterocycles. The van der Waals surface area contributed by atoms with Gasteiger partial charge in [0.15, 0.2) is 16.6 Å². The van der Waals surface area contributed by atoms with E-state index in [4.69, 9.17) is 31.2 Å². The number of aromatic nitrogens is 2. The van der Waals surface area contributed by atoms with Crippen LogP contribution in [0.4, 0.5) is 0 Å². The molecule has 4 rings (SSSR count). The summed E-state index contributed by atoms with van der Waals surface area (Å²) < 4.78 is 16.2. The van der Waals surface area contributed by atoms with Crippen LogP contribution in [0, 0.1) is 0 Å². The average Bonchev–Trinajstić information content (AvgIpc) is 3.35. The average molecular weight is 495 g/mol. The molecule has 2 aromatic carbocycles. The van der Waals surface area contributed by atoms with E-state index in [9.17, 15) is 5.11 Å². The van der Waals surface area contributed by atoms with Crippen LogP contribution in [-0.2, 0) is 11.2 Å². The summed E-state index contributed by atoms with van der Waals surface area (Å²) in [5, 5.41) is 18.7. The van der Waals surface area contributed by atoms with E-state index in [2.05, 4.69) is 29.5 Å². The molecule has 0 saturated carbocycles. The Morgan fingerprint density at radius 1 is 1.17 bits per heavy atom. The third-order valence-electron chi connectivity index (χ3n) is 6.14. The van der Waals surface area contributed by atoms with E-state index in [0.29, 0.717) is 35.7 Å². The summed E-state index contributed by atoms with van der Waals surface area (Å²) in [6.45, 7) is 5.41. The van der Waals surface area contributed by atoms with Crippen LogP contribution in [0.2, 0.25) is 0 Å². The molecular weight excluding hydrogens is 464 g/mol. The summed E-state index contributed by atoms with van der Waals surface area (Å²) in [6.07, 6.45) is 1.76. The van der Waals surface area contributed by atoms with Crippen LogP contribution < -0.4 is 10.1 Å². The highest BCUT2D eigenvalue weighted by Gasteiger charge is 2.34. The molecule has 2 N–H and O–H groups in total. The largest absolute Gasteiger partial charge is 0.504 e. The van der Waals surface area contributed by atoms with Gasteiger partial charge in [0, 0.05) is 31.5 Å². The molecule has 0 spiro atoms. The summed E-state index contributed by atoms with van der Waals surface area (Å²) in [6, 6.07) is 13.0. The predicted molar refractivity (Wildman–Crippen MR) is 138 cm³/mol. The van der Waals surface area contributed by atoms with E-state index in [1.54, 1.807) is 19.2 Å². The molecule has 2 heterocycles. The zero-order valence-corrected chi connectivity index (χ0v) is 21.2. The molecular formula is C26H30N4O4S. The number of methoxy groups -OCH3 is 2. The number of aromatic hydroxyl groups is 1. The lowest BCUT2D eigenvalue weighted by atomic mass is 9.94. The number of nitrogens with zero attached hydrogens (tertiary/aromatic N) is 3. The minimum Gasteiger partial charge on any atom is -0.504 e. The Hall–Kier alpha value is -3.43. The van der Waals surface area contributed by atoms with E-state index < -0.39 is 6.04 Å². The third-order valence-corrected chi connectivity index (χ3v) is 6.48. The van der Waals surface area contributed by atoms with Gasteiger partial charge in [-0.1, -0.05) is 42.4 Å². The number of hydrogen-bond donors (Lipinski definition) is 2. The standard InChI is InChI=1S/C26H30N4O4S/c1-5-17-7-9-18(10-8-17)24-28-25(34-29-24)22-16(2)30(13-6-14-32-3)26(35)27-23(22)19-11-12-21(33-4)20(31)15-19/h7-12,15,23,31H,5-6,13-14H2,1-4H3,(H,27,35). The Morgan fingerprint density at radius 2 is 1.94 bits per heavy atom. The summed E-state index contributed by atoms with van der Waals surface area (Å²) in [4.78, 5) is 6.76. The van der Waals surface area contributed by atoms with Gasteiger partial charge >= 0.3 is 0 Å². The molecule has 1 aromatic heterocycles. The number of thiocarbonyl (C=S) groups is 1. The maximum absolute atomic E-state index is 10.4. The number of aryl methyl sites for hydroxylation is 1. The Morgan fingerprint density at radius 3 is 2.60 bits per heavy atom. The van der Waals surface area contributed by atoms with Gasteiger partial charge in [-0.15, -0.1) is 0 Å². The predicted octanol–water partition coefficient (Wildman–Crippen LogP) is 4.71. The number of ether oxygens (including phenoxy) is 2. The minimum atomic E-state index is -0.395. The number of phenols is 1. The van der Waals surface area contributed by atoms with E-state index in [1.807, 2.05) is 30.0 Å². The lowest BCUT2D eigenvalue weighted by molar-refractivity contribution is 0.188. The zero-order valence-electron chi connectivity index (χ0n) is 20.4. The first-order valence-corrected chi connectivity index (χ1v) is 12.0. The monoisotopic (exact) mass is 494 g/mol. The highest BCUT2D eigenvalue weighted by Crippen LogP contribution is 2.39. The van der Waals surface area contributed by atoms with Crippen LogP contribution in [0.15, 0.2) is 52.7 Å². The van der Waals surface area contributed by atoms with Gasteiger partial charge < -0.3 is 29.3 Å². The first kappa shape index (κ1) is 24.7. The molecule has 0 amide bonds. The molecule has 184 valence electrons. The summed E-state index contributed by atoms with van der Waals surface area (Å²) in [7, 11) is 3.20. The highest BCUT2D eigenvalue weighted by molar-refractivity contribution is 7.80. The van der Waals surface area contributed by atoms with Crippen molar-refractivity contribution >= 4 is 22.9 Å². The van der Waals surface area contributed by atoms with Crippen molar-refractivity contribution in [3.8, 4) is 22.9 Å². The van der Waals surface area contributed by atoms with Crippen molar-refractivity contribution in [2.45, 2.75) is 32.7 Å². The maximum Gasteiger partial charge on any atom is 0.258 e. The lowest BCUT2D eigenvalue weighted by Gasteiger charge is -2.37. The molecule has 1 aliphatic heterocycles. The summed E-state index contributed by atoms with van der Waals surface area (Å²) in [5.41, 5.74) is 4.62. The summed E-state index contributed by atoms with van der Waals surface area (Å²) in [5.74, 6) is 1.34. The molecule has 1 atom stereocenters. The smallest absolute Gasteiger partial charge is 0.258 e. The van der Waals surface area contributed by atoms with Crippen molar-refractivity contribution in [1.29, 1.82) is 0 Å². The molecule has 1 aliphatic rings. The van der Waals surface area contributed by atoms with Crippen LogP contribution in [0.5, 0.6) is 11.5 Å². The van der Waals surface area contributed by atoms with Crippen molar-refractivity contribution in [2.24, 2.45) is 0 Å². The van der Waals surface area contributed by atoms with Crippen LogP contribution in [0.25, 0.3) is 17.0 Å². The molecule has 0 fully saturated rings. The second kappa shape index (κ2) is 10.9. The number of hydrogen-bond acceptors (Lipinski definition) is 7. The third kappa shape index (κ3) is 5.16. The van der Waals surface area contributed by atoms with Crippen molar-refractivity contribution in [2.75, 3.05) is 27.4 Å². The maximum atomic E-state index is 10.4. The quantitative estimate of drug-likeness (QED) is 0.324. The van der Waals surface area contributed by atoms with Gasteiger partial charge in [-0.25, -0.2) is 0 Å². The van der Waals surface area contributed by atoms with Crippen LogP contribution in [0.3, 0.4) is 0 Å². The molecule has 35 heavy (non-hydrogen) atoms. The number of benzene rings is 2. The Labute approximate surface area is 210 Å². The molecule has 1 unspecified atom stereocenters. The molecule has 8 nitrogen and oxygen atoms in total. The Balaban J connectivity index is 1.76. The van der Waals surface area contributed by atoms with Gasteiger partial charge in [-0.2, -0.15) is 4.98 Å². The second-order valence-electron chi connectivity index (χ2n) is 8.28. The van der Waals surface area contributed by atoms with Gasteiger partial charge in [0.1, 0.15) is 0 Å². The van der Waals surface area contributed by atoms with E-state index in [0.717, 1.165) is 35.2 Å². The number of allylic oxidation sites excluding steroid dienone is 1. The van der Waals surface area contributed by atoms with Crippen molar-refractivity contribution < 1.29 is 19.1 Å². The molecule has 3 aromatic rings. The lowest BCUT2D eigenvalue weighted by Crippen LogP contribution is -2.46. The van der Waals surface area contributed by atoms with Crippen molar-refractivity contribution in [3.63, 3.8) is 0 Å². The SMILES string of the molecule is CCc1ccc(-c2noc(C3=C(C)N(CCCOC)C(=S)NC3c3ccc(OC)c(O)c3)n2)cc1. The Kier molecular flexibility index (Phi) is 7.67. The first-order valence-electron chi connectivity index (χ1n) is 11.5. The fourth-order valence-corrected chi connectivity index (χ4v) is 4.52. The fourth-order valence-electron chi connectivity index (χ4n) is 4.17. The van der Waals surface area contributed by atoms with Crippen LogP contribution in [0.1, 0.15) is 43.3 Å². The van der Waals surface area contributed by atoms with Crippen molar-refractivity contribution in [1.82, 2.24) is 20.4 Å². The minimum absolute atomic E-state index is 0.0412. The van der Waals surface area contributed by atoms with Gasteiger partial charge in [0.2, 0.25) is 5.82 Å². The topological polar surface area (TPSA) is 92.9 Å². The van der Waals surface area contributed by atoms with E-state index in [-0.39, 0.29) is 5.75 Å². The zero-order chi connectivity index (χ0) is 24.9. The summed E-state index contributed by atoms with van der Waals surface area (Å²) >= 11 is 5.71. The first-order chi connectivity index (χ1) is 17.0. The van der Waals surface area contributed by atoms with Crippen LogP contribution in [-0.4, -0.2) is 52.6 Å². The number of nitrogens with one attached hydrogen (secondary N) is 1. The normalized spacial score (nSPS) is 15.9. The number of phenolic OH excluding ortho intramolecular Hbond substituents is 1. The van der Waals surface area contributed by atoms with E-state index in [1.165, 1.54) is 12.7 Å². The van der Waals surface area contributed by atoms with Crippen LogP contribution >= 0.6 is 12.2 Å². The van der Waals surface area contributed by atoms with Gasteiger partial charge in [0.25, 0.3) is 5.89 Å². The van der Waals surface area contributed by atoms with Gasteiger partial charge in [-0.3, -0.25) is 0 Å². The number of rotatable bonds is 9. The second-order valence-corrected chi connectivity index (χ2v) is 8.67. The molecule has 0 bridgehead atoms. The molecule has 0 aliphatic carbocycles. The van der Waals surface area contributed by atoms with Crippen molar-refractivity contribution in [3.05, 3.63) is 65.2 Å². The highest BCUT2D eigenvalue weighted by atomic mass is 32.1. The molecule has 9 heteroatoms. The molecule has 0 radical (unpaired) electrons. The van der Waals surface area contributed by atoms with Gasteiger partial charge in [0.05, 0.1) is 18.7 Å². The van der Waals surface area contributed by atoms with E-state index >= 15 is 0 Å².